The van der Waals surface area contributed by atoms with Crippen molar-refractivity contribution in [3.8, 4) is 0 Å². The van der Waals surface area contributed by atoms with Crippen LogP contribution in [0, 0.1) is 19.8 Å². The van der Waals surface area contributed by atoms with Crippen LogP contribution in [0.15, 0.2) is 0 Å². The summed E-state index contributed by atoms with van der Waals surface area (Å²) in [5.41, 5.74) is 4.71. The SMILES string of the molecule is Cc1nn(CC(C)C)c(C)c1CCC(=O)NN1C(=O)NC2(CCCCC2)C1=O. The molecule has 1 aliphatic carbocycles. The van der Waals surface area contributed by atoms with E-state index in [-0.39, 0.29) is 18.2 Å². The van der Waals surface area contributed by atoms with Crippen molar-refractivity contribution in [1.29, 1.82) is 0 Å². The molecule has 0 aromatic carbocycles. The van der Waals surface area contributed by atoms with Crippen LogP contribution >= 0.6 is 0 Å². The molecule has 1 aromatic heterocycles. The smallest absolute Gasteiger partial charge is 0.322 e. The second-order valence-corrected chi connectivity index (χ2v) is 8.47. The monoisotopic (exact) mass is 389 g/mol. The number of hydrazine groups is 1. The summed E-state index contributed by atoms with van der Waals surface area (Å²) < 4.78 is 1.98. The molecular weight excluding hydrogens is 358 g/mol. The third kappa shape index (κ3) is 3.91. The summed E-state index contributed by atoms with van der Waals surface area (Å²) in [7, 11) is 0. The molecule has 1 saturated carbocycles. The van der Waals surface area contributed by atoms with Crippen molar-refractivity contribution >= 4 is 17.8 Å². The van der Waals surface area contributed by atoms with Gasteiger partial charge in [0.1, 0.15) is 5.54 Å². The molecule has 3 rings (SSSR count). The number of hydrogen-bond acceptors (Lipinski definition) is 4. The Morgan fingerprint density at radius 2 is 1.89 bits per heavy atom. The molecule has 4 amide bonds. The highest BCUT2D eigenvalue weighted by Gasteiger charge is 2.52. The molecule has 154 valence electrons. The molecular formula is C20H31N5O3. The molecule has 0 unspecified atom stereocenters. The van der Waals surface area contributed by atoms with Gasteiger partial charge in [0, 0.05) is 18.7 Å². The van der Waals surface area contributed by atoms with Gasteiger partial charge in [-0.3, -0.25) is 19.7 Å². The molecule has 2 heterocycles. The average molecular weight is 390 g/mol. The van der Waals surface area contributed by atoms with Gasteiger partial charge in [0.2, 0.25) is 5.91 Å². The molecule has 1 saturated heterocycles. The number of hydrogen-bond donors (Lipinski definition) is 2. The van der Waals surface area contributed by atoms with Crippen LogP contribution in [0.4, 0.5) is 4.79 Å². The Balaban J connectivity index is 1.60. The van der Waals surface area contributed by atoms with Crippen molar-refractivity contribution in [1.82, 2.24) is 25.5 Å². The van der Waals surface area contributed by atoms with E-state index in [1.54, 1.807) is 0 Å². The number of nitrogens with one attached hydrogen (secondary N) is 2. The Labute approximate surface area is 166 Å². The van der Waals surface area contributed by atoms with E-state index in [1.807, 2.05) is 18.5 Å². The third-order valence-corrected chi connectivity index (χ3v) is 5.78. The molecule has 0 bridgehead atoms. The van der Waals surface area contributed by atoms with Gasteiger partial charge < -0.3 is 5.32 Å². The zero-order valence-electron chi connectivity index (χ0n) is 17.3. The highest BCUT2D eigenvalue weighted by atomic mass is 16.2. The van der Waals surface area contributed by atoms with Gasteiger partial charge in [0.25, 0.3) is 5.91 Å². The Bertz CT molecular complexity index is 777. The van der Waals surface area contributed by atoms with Gasteiger partial charge in [-0.15, -0.1) is 0 Å². The number of aromatic nitrogens is 2. The fourth-order valence-corrected chi connectivity index (χ4v) is 4.25. The van der Waals surface area contributed by atoms with E-state index in [1.165, 1.54) is 0 Å². The molecule has 0 radical (unpaired) electrons. The number of aryl methyl sites for hydroxylation is 1. The maximum Gasteiger partial charge on any atom is 0.344 e. The second-order valence-electron chi connectivity index (χ2n) is 8.47. The number of urea groups is 1. The molecule has 0 atom stereocenters. The molecule has 1 aromatic rings. The lowest BCUT2D eigenvalue weighted by Gasteiger charge is -2.30. The zero-order chi connectivity index (χ0) is 20.5. The second kappa shape index (κ2) is 7.93. The molecule has 2 aliphatic rings. The highest BCUT2D eigenvalue weighted by Crippen LogP contribution is 2.33. The molecule has 1 spiro atoms. The summed E-state index contributed by atoms with van der Waals surface area (Å²) in [5, 5.41) is 8.24. The summed E-state index contributed by atoms with van der Waals surface area (Å²) in [4.78, 5) is 37.4. The van der Waals surface area contributed by atoms with Gasteiger partial charge in [-0.25, -0.2) is 4.79 Å². The van der Waals surface area contributed by atoms with Crippen molar-refractivity contribution in [2.75, 3.05) is 0 Å². The van der Waals surface area contributed by atoms with E-state index in [4.69, 9.17) is 0 Å². The Morgan fingerprint density at radius 1 is 1.21 bits per heavy atom. The summed E-state index contributed by atoms with van der Waals surface area (Å²) in [6.07, 6.45) is 4.88. The topological polar surface area (TPSA) is 96.3 Å². The normalized spacial score (nSPS) is 18.8. The maximum atomic E-state index is 12.7. The first-order chi connectivity index (χ1) is 13.2. The predicted octanol–water partition coefficient (Wildman–Crippen LogP) is 2.37. The van der Waals surface area contributed by atoms with Gasteiger partial charge >= 0.3 is 6.03 Å². The van der Waals surface area contributed by atoms with Crippen molar-refractivity contribution < 1.29 is 14.4 Å². The number of amides is 4. The Hall–Kier alpha value is -2.38. The van der Waals surface area contributed by atoms with Crippen LogP contribution in [0.3, 0.4) is 0 Å². The van der Waals surface area contributed by atoms with Crippen molar-refractivity contribution in [3.05, 3.63) is 17.0 Å². The van der Waals surface area contributed by atoms with Crippen LogP contribution < -0.4 is 10.7 Å². The maximum absolute atomic E-state index is 12.7. The first-order valence-electron chi connectivity index (χ1n) is 10.2. The van der Waals surface area contributed by atoms with Gasteiger partial charge in [-0.2, -0.15) is 10.1 Å². The average Bonchev–Trinajstić information content (AvgIpc) is 3.01. The summed E-state index contributed by atoms with van der Waals surface area (Å²) in [6, 6.07) is -0.530. The lowest BCUT2D eigenvalue weighted by atomic mass is 9.82. The Morgan fingerprint density at radius 3 is 2.54 bits per heavy atom. The van der Waals surface area contributed by atoms with Gasteiger partial charge in [0.05, 0.1) is 5.69 Å². The molecule has 8 heteroatoms. The standard InChI is InChI=1S/C20H31N5O3/c1-13(2)12-24-15(4)16(14(3)22-24)8-9-17(26)23-25-18(27)20(21-19(25)28)10-6-5-7-11-20/h13H,5-12H2,1-4H3,(H,21,28)(H,23,26). The van der Waals surface area contributed by atoms with Crippen LogP contribution in [0.25, 0.3) is 0 Å². The van der Waals surface area contributed by atoms with Crippen LogP contribution in [-0.4, -0.2) is 38.2 Å². The van der Waals surface area contributed by atoms with E-state index < -0.39 is 11.6 Å². The number of imide groups is 1. The first-order valence-corrected chi connectivity index (χ1v) is 10.2. The van der Waals surface area contributed by atoms with Crippen molar-refractivity contribution in [2.24, 2.45) is 5.92 Å². The van der Waals surface area contributed by atoms with Crippen LogP contribution in [-0.2, 0) is 22.6 Å². The number of carbonyl (C=O) groups excluding carboxylic acids is 3. The van der Waals surface area contributed by atoms with Gasteiger partial charge in [0.15, 0.2) is 0 Å². The third-order valence-electron chi connectivity index (χ3n) is 5.78. The van der Waals surface area contributed by atoms with Crippen LogP contribution in [0.2, 0.25) is 0 Å². The quantitative estimate of drug-likeness (QED) is 0.730. The molecule has 2 N–H and O–H groups in total. The predicted molar refractivity (Wildman–Crippen MR) is 104 cm³/mol. The van der Waals surface area contributed by atoms with Crippen LogP contribution in [0.5, 0.6) is 0 Å². The van der Waals surface area contributed by atoms with E-state index in [9.17, 15) is 14.4 Å². The minimum atomic E-state index is -0.826. The fourth-order valence-electron chi connectivity index (χ4n) is 4.25. The minimum Gasteiger partial charge on any atom is -0.322 e. The largest absolute Gasteiger partial charge is 0.344 e. The first kappa shape index (κ1) is 20.4. The molecule has 28 heavy (non-hydrogen) atoms. The Kier molecular flexibility index (Phi) is 5.76. The van der Waals surface area contributed by atoms with Gasteiger partial charge in [-0.05, 0) is 44.6 Å². The summed E-state index contributed by atoms with van der Waals surface area (Å²) in [5.74, 6) is -0.185. The zero-order valence-corrected chi connectivity index (χ0v) is 17.3. The number of carbonyl (C=O) groups is 3. The fraction of sp³-hybridized carbons (Fsp3) is 0.700. The molecule has 2 fully saturated rings. The molecule has 8 nitrogen and oxygen atoms in total. The van der Waals surface area contributed by atoms with Crippen molar-refractivity contribution in [2.45, 2.75) is 84.7 Å². The van der Waals surface area contributed by atoms with E-state index in [0.29, 0.717) is 25.2 Å². The lowest BCUT2D eigenvalue weighted by molar-refractivity contribution is -0.139. The van der Waals surface area contributed by atoms with Crippen molar-refractivity contribution in [3.63, 3.8) is 0 Å². The van der Waals surface area contributed by atoms with Gasteiger partial charge in [-0.1, -0.05) is 33.1 Å². The highest BCUT2D eigenvalue weighted by molar-refractivity contribution is 6.08. The summed E-state index contributed by atoms with van der Waals surface area (Å²) >= 11 is 0. The molecule has 1 aliphatic heterocycles. The lowest BCUT2D eigenvalue weighted by Crippen LogP contribution is -2.51. The number of rotatable bonds is 6. The van der Waals surface area contributed by atoms with E-state index in [2.05, 4.69) is 29.7 Å². The van der Waals surface area contributed by atoms with Crippen LogP contribution in [0.1, 0.15) is 69.3 Å². The summed E-state index contributed by atoms with van der Waals surface area (Å²) in [6.45, 7) is 9.08. The number of nitrogens with zero attached hydrogens (tertiary/aromatic N) is 3. The minimum absolute atomic E-state index is 0.194. The van der Waals surface area contributed by atoms with E-state index in [0.717, 1.165) is 47.8 Å². The van der Waals surface area contributed by atoms with E-state index >= 15 is 0 Å².